The van der Waals surface area contributed by atoms with E-state index < -0.39 is 0 Å². The molecule has 1 unspecified atom stereocenters. The van der Waals surface area contributed by atoms with Crippen molar-refractivity contribution in [2.45, 2.75) is 13.8 Å². The van der Waals surface area contributed by atoms with E-state index in [4.69, 9.17) is 0 Å². The van der Waals surface area contributed by atoms with Crippen LogP contribution in [0.5, 0.6) is 0 Å². The Balaban J connectivity index is 3.23. The van der Waals surface area contributed by atoms with E-state index >= 15 is 0 Å². The molecule has 2 heteroatoms. The molecule has 0 amide bonds. The van der Waals surface area contributed by atoms with E-state index in [2.05, 4.69) is 6.58 Å². The average molecular weight is 115 g/mol. The molecule has 0 fully saturated rings. The van der Waals surface area contributed by atoms with Gasteiger partial charge in [-0.05, 0) is 6.58 Å². The molecule has 0 aliphatic carbocycles. The molecule has 0 aliphatic rings. The van der Waals surface area contributed by atoms with Crippen LogP contribution in [0.25, 0.3) is 0 Å². The largest absolute Gasteiger partial charge is 0.629 e. The molecular weight excluding hydrogens is 102 g/mol. The van der Waals surface area contributed by atoms with Crippen molar-refractivity contribution in [1.29, 1.82) is 0 Å². The molecule has 0 saturated heterocycles. The van der Waals surface area contributed by atoms with Gasteiger partial charge < -0.3 is 10.3 Å². The van der Waals surface area contributed by atoms with E-state index in [0.717, 1.165) is 0 Å². The summed E-state index contributed by atoms with van der Waals surface area (Å²) in [5, 5.41) is 10.6. The number of nitrogens with one attached hydrogen (secondary N) is 1. The molecular formula is C6H13NO. The van der Waals surface area contributed by atoms with Crippen LogP contribution in [0.1, 0.15) is 13.8 Å². The second-order valence-corrected chi connectivity index (χ2v) is 2.27. The zero-order valence-electron chi connectivity index (χ0n) is 5.48. The van der Waals surface area contributed by atoms with Gasteiger partial charge in [-0.25, -0.2) is 0 Å². The second kappa shape index (κ2) is 3.64. The first kappa shape index (κ1) is 7.66. The predicted octanol–water partition coefficient (Wildman–Crippen LogP) is 0.169. The van der Waals surface area contributed by atoms with Crippen molar-refractivity contribution < 1.29 is 5.06 Å². The smallest absolute Gasteiger partial charge is 0.0869 e. The zero-order chi connectivity index (χ0) is 6.57. The Hall–Kier alpha value is -0.340. The summed E-state index contributed by atoms with van der Waals surface area (Å²) in [5.74, 6) is 0.459. The number of hydrogen-bond donors (Lipinski definition) is 1. The van der Waals surface area contributed by atoms with Crippen molar-refractivity contribution in [3.63, 3.8) is 0 Å². The van der Waals surface area contributed by atoms with Crippen molar-refractivity contribution in [3.05, 3.63) is 18.0 Å². The molecule has 8 heavy (non-hydrogen) atoms. The highest BCUT2D eigenvalue weighted by Gasteiger charge is 1.94. The fourth-order valence-corrected chi connectivity index (χ4v) is 0.486. The lowest BCUT2D eigenvalue weighted by Gasteiger charge is -2.18. The summed E-state index contributed by atoms with van der Waals surface area (Å²) < 4.78 is 0. The molecule has 0 rings (SSSR count). The Morgan fingerprint density at radius 2 is 2.25 bits per heavy atom. The van der Waals surface area contributed by atoms with Gasteiger partial charge in [-0.15, -0.1) is 0 Å². The van der Waals surface area contributed by atoms with E-state index in [1.54, 1.807) is 0 Å². The maximum absolute atomic E-state index is 10.5. The van der Waals surface area contributed by atoms with Gasteiger partial charge in [0.2, 0.25) is 0 Å². The minimum absolute atomic E-state index is 0.139. The van der Waals surface area contributed by atoms with Crippen molar-refractivity contribution in [3.8, 4) is 0 Å². The fraction of sp³-hybridized carbons (Fsp3) is 0.667. The van der Waals surface area contributed by atoms with E-state index in [9.17, 15) is 5.21 Å². The molecule has 0 spiro atoms. The van der Waals surface area contributed by atoms with Crippen LogP contribution in [0.4, 0.5) is 0 Å². The third-order valence-electron chi connectivity index (χ3n) is 0.837. The van der Waals surface area contributed by atoms with Gasteiger partial charge in [0, 0.05) is 5.92 Å². The van der Waals surface area contributed by atoms with Gasteiger partial charge in [0.1, 0.15) is 0 Å². The van der Waals surface area contributed by atoms with Crippen molar-refractivity contribution >= 4 is 0 Å². The summed E-state index contributed by atoms with van der Waals surface area (Å²) in [5.41, 5.74) is 0. The summed E-state index contributed by atoms with van der Waals surface area (Å²) in [7, 11) is 0. The Bertz CT molecular complexity index is 70.9. The predicted molar refractivity (Wildman–Crippen MR) is 34.2 cm³/mol. The van der Waals surface area contributed by atoms with Crippen LogP contribution < -0.4 is 5.06 Å². The molecule has 2 nitrogen and oxygen atoms in total. The number of quaternary nitrogens is 1. The van der Waals surface area contributed by atoms with Crippen LogP contribution in [-0.4, -0.2) is 6.54 Å². The summed E-state index contributed by atoms with van der Waals surface area (Å²) in [6.45, 7) is 8.02. The highest BCUT2D eigenvalue weighted by atomic mass is 16.5. The standard InChI is InChI=1S/C6H13NO/c1-4-7(8)5-6(2)3/h4,6-7H,1,5H2,2-3H3. The molecule has 0 aromatic rings. The van der Waals surface area contributed by atoms with E-state index in [-0.39, 0.29) is 5.06 Å². The number of rotatable bonds is 3. The summed E-state index contributed by atoms with van der Waals surface area (Å²) in [4.78, 5) is 0. The molecule has 0 aliphatic heterocycles. The minimum Gasteiger partial charge on any atom is -0.629 e. The van der Waals surface area contributed by atoms with Crippen molar-refractivity contribution in [1.82, 2.24) is 0 Å². The lowest BCUT2D eigenvalue weighted by Crippen LogP contribution is -3.02. The maximum Gasteiger partial charge on any atom is 0.0869 e. The van der Waals surface area contributed by atoms with Crippen LogP contribution in [0, 0.1) is 11.1 Å². The molecule has 0 bridgehead atoms. The molecule has 1 atom stereocenters. The molecule has 0 radical (unpaired) electrons. The van der Waals surface area contributed by atoms with Gasteiger partial charge in [-0.1, -0.05) is 13.8 Å². The van der Waals surface area contributed by atoms with Gasteiger partial charge >= 0.3 is 0 Å². The third-order valence-corrected chi connectivity index (χ3v) is 0.837. The van der Waals surface area contributed by atoms with Gasteiger partial charge in [-0.2, -0.15) is 0 Å². The van der Waals surface area contributed by atoms with Gasteiger partial charge in [0.15, 0.2) is 0 Å². The molecule has 1 N–H and O–H groups in total. The number of hydrogen-bond acceptors (Lipinski definition) is 1. The van der Waals surface area contributed by atoms with Crippen LogP contribution in [0.3, 0.4) is 0 Å². The Morgan fingerprint density at radius 1 is 1.75 bits per heavy atom. The lowest BCUT2D eigenvalue weighted by molar-refractivity contribution is -0.794. The molecule has 48 valence electrons. The monoisotopic (exact) mass is 115 g/mol. The van der Waals surface area contributed by atoms with Crippen LogP contribution in [0.2, 0.25) is 0 Å². The normalized spacial score (nSPS) is 14.0. The SMILES string of the molecule is C=C[NH+]([O-])CC(C)C. The first-order valence-corrected chi connectivity index (χ1v) is 2.82. The number of hydroxylamine groups is 2. The first-order chi connectivity index (χ1) is 3.66. The highest BCUT2D eigenvalue weighted by molar-refractivity contribution is 4.48. The molecule has 0 aromatic heterocycles. The van der Waals surface area contributed by atoms with E-state index in [1.165, 1.54) is 6.20 Å². The van der Waals surface area contributed by atoms with Crippen LogP contribution in [-0.2, 0) is 0 Å². The van der Waals surface area contributed by atoms with Gasteiger partial charge in [0.25, 0.3) is 0 Å². The van der Waals surface area contributed by atoms with E-state index in [0.29, 0.717) is 12.5 Å². The fourth-order valence-electron chi connectivity index (χ4n) is 0.486. The van der Waals surface area contributed by atoms with Crippen molar-refractivity contribution in [2.24, 2.45) is 5.92 Å². The lowest BCUT2D eigenvalue weighted by atomic mass is 10.2. The summed E-state index contributed by atoms with van der Waals surface area (Å²) in [6, 6.07) is 0. The average Bonchev–Trinajstić information content (AvgIpc) is 1.65. The van der Waals surface area contributed by atoms with Crippen molar-refractivity contribution in [2.75, 3.05) is 6.54 Å². The zero-order valence-corrected chi connectivity index (χ0v) is 5.48. The minimum atomic E-state index is 0.139. The molecule has 0 saturated carbocycles. The Kier molecular flexibility index (Phi) is 3.48. The second-order valence-electron chi connectivity index (χ2n) is 2.27. The Labute approximate surface area is 50.4 Å². The third kappa shape index (κ3) is 3.84. The summed E-state index contributed by atoms with van der Waals surface area (Å²) in [6.07, 6.45) is 1.38. The van der Waals surface area contributed by atoms with Crippen LogP contribution in [0.15, 0.2) is 12.8 Å². The highest BCUT2D eigenvalue weighted by Crippen LogP contribution is 1.82. The van der Waals surface area contributed by atoms with Crippen LogP contribution >= 0.6 is 0 Å². The topological polar surface area (TPSA) is 27.5 Å². The quantitative estimate of drug-likeness (QED) is 0.521. The van der Waals surface area contributed by atoms with E-state index in [1.807, 2.05) is 13.8 Å². The van der Waals surface area contributed by atoms with Gasteiger partial charge in [-0.3, -0.25) is 0 Å². The summed E-state index contributed by atoms with van der Waals surface area (Å²) >= 11 is 0. The van der Waals surface area contributed by atoms with Gasteiger partial charge in [0.05, 0.1) is 12.7 Å². The molecule has 0 heterocycles. The molecule has 0 aromatic carbocycles. The maximum atomic E-state index is 10.5. The first-order valence-electron chi connectivity index (χ1n) is 2.82. The Morgan fingerprint density at radius 3 is 2.38 bits per heavy atom.